The van der Waals surface area contributed by atoms with Crippen LogP contribution in [0.2, 0.25) is 0 Å². The molecule has 0 aliphatic carbocycles. The number of aryl methyl sites for hydroxylation is 1. The molecular formula is C22H30N4O3S. The number of nitrogens with zero attached hydrogens (tertiary/aromatic N) is 2. The second-order valence-corrected chi connectivity index (χ2v) is 9.21. The highest BCUT2D eigenvalue weighted by Crippen LogP contribution is 2.16. The Kier molecular flexibility index (Phi) is 7.84. The molecule has 8 heteroatoms. The van der Waals surface area contributed by atoms with Crippen LogP contribution in [0, 0.1) is 6.92 Å². The summed E-state index contributed by atoms with van der Waals surface area (Å²) < 4.78 is 32.4. The van der Waals surface area contributed by atoms with Gasteiger partial charge in [-0.25, -0.2) is 8.42 Å². The van der Waals surface area contributed by atoms with Gasteiger partial charge in [0.2, 0.25) is 10.0 Å². The van der Waals surface area contributed by atoms with Gasteiger partial charge in [0.1, 0.15) is 0 Å². The lowest BCUT2D eigenvalue weighted by Gasteiger charge is -2.26. The summed E-state index contributed by atoms with van der Waals surface area (Å²) in [5.74, 6) is 0.657. The van der Waals surface area contributed by atoms with Crippen LogP contribution in [0.4, 0.5) is 0 Å². The predicted molar refractivity (Wildman–Crippen MR) is 120 cm³/mol. The van der Waals surface area contributed by atoms with E-state index >= 15 is 0 Å². The number of morpholine rings is 1. The van der Waals surface area contributed by atoms with Gasteiger partial charge in [-0.1, -0.05) is 48.5 Å². The zero-order valence-electron chi connectivity index (χ0n) is 17.6. The normalized spacial score (nSPS) is 15.7. The Hall–Kier alpha value is -2.42. The zero-order valence-corrected chi connectivity index (χ0v) is 18.4. The molecule has 2 N–H and O–H groups in total. The van der Waals surface area contributed by atoms with Gasteiger partial charge in [0, 0.05) is 33.2 Å². The standard InChI is InChI=1S/C22H30N4O3S/c1-18-7-3-4-8-19(18)15-24-22(23-2)25-16-20-9-5-6-10-21(20)17-30(27,28)26-11-13-29-14-12-26/h3-10H,11-17H2,1-2H3,(H2,23,24,25). The lowest BCUT2D eigenvalue weighted by atomic mass is 10.1. The summed E-state index contributed by atoms with van der Waals surface area (Å²) in [6.07, 6.45) is 0. The Morgan fingerprint density at radius 1 is 0.967 bits per heavy atom. The Bertz CT molecular complexity index is 970. The molecule has 1 saturated heterocycles. The number of aliphatic imine (C=N–C) groups is 1. The molecule has 3 rings (SSSR count). The van der Waals surface area contributed by atoms with Gasteiger partial charge in [-0.2, -0.15) is 4.31 Å². The molecule has 1 aliphatic rings. The summed E-state index contributed by atoms with van der Waals surface area (Å²) in [6.45, 7) is 4.97. The molecule has 2 aromatic rings. The molecular weight excluding hydrogens is 400 g/mol. The molecule has 2 aromatic carbocycles. The second kappa shape index (κ2) is 10.6. The number of hydrogen-bond donors (Lipinski definition) is 2. The van der Waals surface area contributed by atoms with E-state index in [0.717, 1.165) is 11.1 Å². The summed E-state index contributed by atoms with van der Waals surface area (Å²) in [7, 11) is -1.65. The summed E-state index contributed by atoms with van der Waals surface area (Å²) in [5.41, 5.74) is 4.16. The molecule has 7 nitrogen and oxygen atoms in total. The van der Waals surface area contributed by atoms with Gasteiger partial charge in [0.05, 0.1) is 19.0 Å². The van der Waals surface area contributed by atoms with E-state index in [1.807, 2.05) is 36.4 Å². The zero-order chi connectivity index (χ0) is 21.4. The average molecular weight is 431 g/mol. The van der Waals surface area contributed by atoms with Gasteiger partial charge < -0.3 is 15.4 Å². The third-order valence-electron chi connectivity index (χ3n) is 5.20. The molecule has 0 bridgehead atoms. The van der Waals surface area contributed by atoms with Crippen molar-refractivity contribution < 1.29 is 13.2 Å². The second-order valence-electron chi connectivity index (χ2n) is 7.24. The third kappa shape index (κ3) is 6.04. The fourth-order valence-electron chi connectivity index (χ4n) is 3.37. The van der Waals surface area contributed by atoms with Crippen LogP contribution >= 0.6 is 0 Å². The van der Waals surface area contributed by atoms with Crippen LogP contribution in [-0.2, 0) is 33.6 Å². The van der Waals surface area contributed by atoms with Crippen LogP contribution in [0.1, 0.15) is 22.3 Å². The summed E-state index contributed by atoms with van der Waals surface area (Å²) in [6, 6.07) is 15.8. The molecule has 1 aliphatic heterocycles. The summed E-state index contributed by atoms with van der Waals surface area (Å²) >= 11 is 0. The minimum atomic E-state index is -3.37. The first-order chi connectivity index (χ1) is 14.5. The Morgan fingerprint density at radius 3 is 2.17 bits per heavy atom. The maximum Gasteiger partial charge on any atom is 0.218 e. The maximum atomic E-state index is 12.8. The monoisotopic (exact) mass is 430 g/mol. The highest BCUT2D eigenvalue weighted by Gasteiger charge is 2.25. The van der Waals surface area contributed by atoms with E-state index in [1.165, 1.54) is 15.4 Å². The van der Waals surface area contributed by atoms with Crippen molar-refractivity contribution in [3.8, 4) is 0 Å². The van der Waals surface area contributed by atoms with Gasteiger partial charge in [0.25, 0.3) is 0 Å². The summed E-state index contributed by atoms with van der Waals surface area (Å²) in [4.78, 5) is 4.28. The molecule has 0 aromatic heterocycles. The van der Waals surface area contributed by atoms with Crippen LogP contribution in [0.25, 0.3) is 0 Å². The van der Waals surface area contributed by atoms with Crippen molar-refractivity contribution in [1.29, 1.82) is 0 Å². The molecule has 1 fully saturated rings. The van der Waals surface area contributed by atoms with Crippen LogP contribution in [-0.4, -0.2) is 52.0 Å². The van der Waals surface area contributed by atoms with E-state index in [1.54, 1.807) is 7.05 Å². The number of ether oxygens (including phenoxy) is 1. The third-order valence-corrected chi connectivity index (χ3v) is 7.02. The number of nitrogens with one attached hydrogen (secondary N) is 2. The molecule has 0 amide bonds. The van der Waals surface area contributed by atoms with E-state index in [-0.39, 0.29) is 5.75 Å². The van der Waals surface area contributed by atoms with Crippen molar-refractivity contribution in [3.05, 3.63) is 70.8 Å². The fourth-order valence-corrected chi connectivity index (χ4v) is 4.93. The number of benzene rings is 2. The van der Waals surface area contributed by atoms with Gasteiger partial charge in [-0.15, -0.1) is 0 Å². The molecule has 0 saturated carbocycles. The molecule has 30 heavy (non-hydrogen) atoms. The van der Waals surface area contributed by atoms with Crippen LogP contribution in [0.3, 0.4) is 0 Å². The topological polar surface area (TPSA) is 83.0 Å². The van der Waals surface area contributed by atoms with E-state index in [2.05, 4.69) is 34.7 Å². The first-order valence-corrected chi connectivity index (χ1v) is 11.7. The summed E-state index contributed by atoms with van der Waals surface area (Å²) in [5, 5.41) is 6.61. The molecule has 0 atom stereocenters. The minimum absolute atomic E-state index is 0.0138. The number of hydrogen-bond acceptors (Lipinski definition) is 4. The maximum absolute atomic E-state index is 12.8. The largest absolute Gasteiger partial charge is 0.379 e. The van der Waals surface area contributed by atoms with E-state index in [0.29, 0.717) is 45.4 Å². The molecule has 162 valence electrons. The number of guanidine groups is 1. The Balaban J connectivity index is 1.62. The number of sulfonamides is 1. The number of rotatable bonds is 7. The smallest absolute Gasteiger partial charge is 0.218 e. The van der Waals surface area contributed by atoms with Crippen molar-refractivity contribution in [3.63, 3.8) is 0 Å². The van der Waals surface area contributed by atoms with Crippen molar-refractivity contribution in [1.82, 2.24) is 14.9 Å². The van der Waals surface area contributed by atoms with E-state index in [4.69, 9.17) is 4.74 Å². The first kappa shape index (κ1) is 22.3. The van der Waals surface area contributed by atoms with Crippen molar-refractivity contribution in [2.45, 2.75) is 25.8 Å². The van der Waals surface area contributed by atoms with Gasteiger partial charge in [-0.3, -0.25) is 4.99 Å². The molecule has 1 heterocycles. The predicted octanol–water partition coefficient (Wildman–Crippen LogP) is 2.02. The molecule has 0 spiro atoms. The average Bonchev–Trinajstić information content (AvgIpc) is 2.76. The molecule has 0 radical (unpaired) electrons. The van der Waals surface area contributed by atoms with Crippen molar-refractivity contribution >= 4 is 16.0 Å². The highest BCUT2D eigenvalue weighted by molar-refractivity contribution is 7.88. The van der Waals surface area contributed by atoms with Crippen molar-refractivity contribution in [2.24, 2.45) is 4.99 Å². The van der Waals surface area contributed by atoms with Gasteiger partial charge in [-0.05, 0) is 29.2 Å². The SMILES string of the molecule is CN=C(NCc1ccccc1C)NCc1ccccc1CS(=O)(=O)N1CCOCC1. The van der Waals surface area contributed by atoms with E-state index in [9.17, 15) is 8.42 Å². The van der Waals surface area contributed by atoms with E-state index < -0.39 is 10.0 Å². The fraction of sp³-hybridized carbons (Fsp3) is 0.409. The van der Waals surface area contributed by atoms with Crippen LogP contribution in [0.15, 0.2) is 53.5 Å². The first-order valence-electron chi connectivity index (χ1n) is 10.1. The Labute approximate surface area is 179 Å². The highest BCUT2D eigenvalue weighted by atomic mass is 32.2. The van der Waals surface area contributed by atoms with Crippen molar-refractivity contribution in [2.75, 3.05) is 33.4 Å². The quantitative estimate of drug-likeness (QED) is 0.519. The lowest BCUT2D eigenvalue weighted by molar-refractivity contribution is 0.0729. The minimum Gasteiger partial charge on any atom is -0.379 e. The van der Waals surface area contributed by atoms with Gasteiger partial charge in [0.15, 0.2) is 5.96 Å². The Morgan fingerprint density at radius 2 is 1.53 bits per heavy atom. The lowest BCUT2D eigenvalue weighted by Crippen LogP contribution is -2.41. The van der Waals surface area contributed by atoms with Crippen LogP contribution < -0.4 is 10.6 Å². The van der Waals surface area contributed by atoms with Gasteiger partial charge >= 0.3 is 0 Å². The van der Waals surface area contributed by atoms with Crippen LogP contribution in [0.5, 0.6) is 0 Å². The molecule has 0 unspecified atom stereocenters.